The van der Waals surface area contributed by atoms with E-state index >= 15 is 0 Å². The van der Waals surface area contributed by atoms with Crippen LogP contribution in [0.15, 0.2) is 48.5 Å². The van der Waals surface area contributed by atoms with Gasteiger partial charge in [-0.2, -0.15) is 5.26 Å². The molecule has 2 aromatic rings. The lowest BCUT2D eigenvalue weighted by Crippen LogP contribution is -2.36. The Balaban J connectivity index is 1.88. The maximum absolute atomic E-state index is 12.1. The molecule has 0 saturated heterocycles. The molecule has 130 valence electrons. The summed E-state index contributed by atoms with van der Waals surface area (Å²) in [7, 11) is 0. The van der Waals surface area contributed by atoms with Crippen LogP contribution in [0.3, 0.4) is 0 Å². The van der Waals surface area contributed by atoms with Gasteiger partial charge < -0.3 is 10.6 Å². The largest absolute Gasteiger partial charge is 0.334 e. The summed E-state index contributed by atoms with van der Waals surface area (Å²) < 4.78 is 0. The number of amides is 2. The average Bonchev–Trinajstić information content (AvgIpc) is 2.59. The first kappa shape index (κ1) is 18.5. The fraction of sp³-hybridized carbons (Fsp3) is 0.333. The third-order valence-electron chi connectivity index (χ3n) is 4.16. The Morgan fingerprint density at radius 3 is 2.20 bits per heavy atom. The van der Waals surface area contributed by atoms with Gasteiger partial charge in [0, 0.05) is 6.54 Å². The number of hydrogen-bond acceptors (Lipinski definition) is 2. The van der Waals surface area contributed by atoms with E-state index in [4.69, 9.17) is 5.26 Å². The summed E-state index contributed by atoms with van der Waals surface area (Å²) in [6.07, 6.45) is 0. The van der Waals surface area contributed by atoms with Crippen LogP contribution in [-0.2, 0) is 12.0 Å². The molecule has 0 saturated carbocycles. The molecule has 0 heterocycles. The lowest BCUT2D eigenvalue weighted by atomic mass is 9.86. The summed E-state index contributed by atoms with van der Waals surface area (Å²) in [6, 6.07) is 17.3. The van der Waals surface area contributed by atoms with Crippen molar-refractivity contribution in [3.8, 4) is 6.07 Å². The molecule has 0 aromatic heterocycles. The molecule has 1 atom stereocenters. The highest BCUT2D eigenvalue weighted by atomic mass is 16.2. The lowest BCUT2D eigenvalue weighted by molar-refractivity contribution is 0.237. The van der Waals surface area contributed by atoms with Gasteiger partial charge >= 0.3 is 6.03 Å². The second-order valence-corrected chi connectivity index (χ2v) is 7.23. The number of carbonyl (C=O) groups is 1. The first-order valence-corrected chi connectivity index (χ1v) is 8.43. The molecule has 0 fully saturated rings. The maximum atomic E-state index is 12.1. The number of nitriles is 1. The zero-order valence-electron chi connectivity index (χ0n) is 15.3. The molecule has 0 radical (unpaired) electrons. The lowest BCUT2D eigenvalue weighted by Gasteiger charge is -2.21. The molecular formula is C21H25N3O. The van der Waals surface area contributed by atoms with Crippen molar-refractivity contribution in [2.24, 2.45) is 0 Å². The molecule has 2 N–H and O–H groups in total. The Bertz CT molecular complexity index is 750. The van der Waals surface area contributed by atoms with Crippen molar-refractivity contribution in [3.05, 3.63) is 70.8 Å². The first-order valence-electron chi connectivity index (χ1n) is 8.43. The summed E-state index contributed by atoms with van der Waals surface area (Å²) in [5, 5.41) is 14.6. The summed E-state index contributed by atoms with van der Waals surface area (Å²) in [4.78, 5) is 12.1. The molecule has 0 aliphatic heterocycles. The molecule has 4 heteroatoms. The summed E-state index contributed by atoms with van der Waals surface area (Å²) in [6.45, 7) is 8.93. The second kappa shape index (κ2) is 7.85. The van der Waals surface area contributed by atoms with Crippen molar-refractivity contribution in [1.29, 1.82) is 5.26 Å². The molecule has 2 amide bonds. The van der Waals surface area contributed by atoms with E-state index in [-0.39, 0.29) is 17.5 Å². The van der Waals surface area contributed by atoms with Crippen LogP contribution in [0.4, 0.5) is 4.79 Å². The zero-order chi connectivity index (χ0) is 18.4. The molecule has 1 unspecified atom stereocenters. The van der Waals surface area contributed by atoms with Crippen molar-refractivity contribution in [2.75, 3.05) is 0 Å². The summed E-state index contributed by atoms with van der Waals surface area (Å²) >= 11 is 0. The Morgan fingerprint density at radius 2 is 1.68 bits per heavy atom. The molecule has 0 aliphatic rings. The van der Waals surface area contributed by atoms with E-state index in [1.54, 1.807) is 12.1 Å². The van der Waals surface area contributed by atoms with Gasteiger partial charge in [0.1, 0.15) is 0 Å². The Morgan fingerprint density at radius 1 is 1.08 bits per heavy atom. The fourth-order valence-corrected chi connectivity index (χ4v) is 2.48. The molecule has 4 nitrogen and oxygen atoms in total. The van der Waals surface area contributed by atoms with E-state index in [9.17, 15) is 4.79 Å². The highest BCUT2D eigenvalue weighted by Gasteiger charge is 2.14. The van der Waals surface area contributed by atoms with Gasteiger partial charge in [-0.15, -0.1) is 0 Å². The van der Waals surface area contributed by atoms with Gasteiger partial charge in [-0.05, 0) is 41.2 Å². The van der Waals surface area contributed by atoms with Crippen LogP contribution in [0.2, 0.25) is 0 Å². The smallest absolute Gasteiger partial charge is 0.315 e. The standard InChI is InChI=1S/C21H25N3O/c1-15(18-9-11-19(12-10-18)21(2,3)4)24-20(25)23-14-17-7-5-16(13-22)6-8-17/h5-12,15H,14H2,1-4H3,(H2,23,24,25). The molecule has 0 aliphatic carbocycles. The summed E-state index contributed by atoms with van der Waals surface area (Å²) in [5.41, 5.74) is 4.03. The van der Waals surface area contributed by atoms with E-state index < -0.39 is 0 Å². The van der Waals surface area contributed by atoms with Crippen molar-refractivity contribution >= 4 is 6.03 Å². The number of rotatable bonds is 4. The van der Waals surface area contributed by atoms with Gasteiger partial charge in [-0.1, -0.05) is 57.2 Å². The first-order chi connectivity index (χ1) is 11.8. The third kappa shape index (κ3) is 5.36. The van der Waals surface area contributed by atoms with Crippen molar-refractivity contribution < 1.29 is 4.79 Å². The van der Waals surface area contributed by atoms with Crippen molar-refractivity contribution in [3.63, 3.8) is 0 Å². The minimum absolute atomic E-state index is 0.0741. The van der Waals surface area contributed by atoms with Crippen LogP contribution >= 0.6 is 0 Å². The number of urea groups is 1. The van der Waals surface area contributed by atoms with E-state index in [2.05, 4.69) is 61.7 Å². The Hall–Kier alpha value is -2.80. The van der Waals surface area contributed by atoms with Gasteiger partial charge in [-0.3, -0.25) is 0 Å². The molecule has 25 heavy (non-hydrogen) atoms. The van der Waals surface area contributed by atoms with Crippen LogP contribution in [-0.4, -0.2) is 6.03 Å². The number of hydrogen-bond donors (Lipinski definition) is 2. The predicted molar refractivity (Wildman–Crippen MR) is 100 cm³/mol. The normalized spacial score (nSPS) is 12.1. The van der Waals surface area contributed by atoms with Crippen LogP contribution in [0.1, 0.15) is 56.0 Å². The third-order valence-corrected chi connectivity index (χ3v) is 4.16. The minimum atomic E-state index is -0.211. The number of carbonyl (C=O) groups excluding carboxylic acids is 1. The van der Waals surface area contributed by atoms with Crippen molar-refractivity contribution in [1.82, 2.24) is 10.6 Å². The average molecular weight is 335 g/mol. The highest BCUT2D eigenvalue weighted by molar-refractivity contribution is 5.74. The Kier molecular flexibility index (Phi) is 5.82. The van der Waals surface area contributed by atoms with E-state index in [1.807, 2.05) is 19.1 Å². The van der Waals surface area contributed by atoms with E-state index in [1.165, 1.54) is 5.56 Å². The fourth-order valence-electron chi connectivity index (χ4n) is 2.48. The molecular weight excluding hydrogens is 310 g/mol. The molecule has 0 bridgehead atoms. The highest BCUT2D eigenvalue weighted by Crippen LogP contribution is 2.23. The topological polar surface area (TPSA) is 64.9 Å². The van der Waals surface area contributed by atoms with Crippen molar-refractivity contribution in [2.45, 2.75) is 45.7 Å². The van der Waals surface area contributed by atoms with Gasteiger partial charge in [0.05, 0.1) is 17.7 Å². The van der Waals surface area contributed by atoms with Gasteiger partial charge in [-0.25, -0.2) is 4.79 Å². The van der Waals surface area contributed by atoms with Crippen LogP contribution in [0.25, 0.3) is 0 Å². The molecule has 2 aromatic carbocycles. The second-order valence-electron chi connectivity index (χ2n) is 7.23. The number of nitrogens with zero attached hydrogens (tertiary/aromatic N) is 1. The van der Waals surface area contributed by atoms with E-state index in [0.29, 0.717) is 12.1 Å². The van der Waals surface area contributed by atoms with Crippen LogP contribution in [0.5, 0.6) is 0 Å². The van der Waals surface area contributed by atoms with Gasteiger partial charge in [0.2, 0.25) is 0 Å². The van der Waals surface area contributed by atoms with Gasteiger partial charge in [0.25, 0.3) is 0 Å². The minimum Gasteiger partial charge on any atom is -0.334 e. The summed E-state index contributed by atoms with van der Waals surface area (Å²) in [5.74, 6) is 0. The van der Waals surface area contributed by atoms with Crippen LogP contribution < -0.4 is 10.6 Å². The van der Waals surface area contributed by atoms with E-state index in [0.717, 1.165) is 11.1 Å². The Labute approximate surface area is 149 Å². The molecule has 0 spiro atoms. The zero-order valence-corrected chi connectivity index (χ0v) is 15.3. The number of nitrogens with one attached hydrogen (secondary N) is 2. The van der Waals surface area contributed by atoms with Gasteiger partial charge in [0.15, 0.2) is 0 Å². The predicted octanol–water partition coefficient (Wildman–Crippen LogP) is 4.42. The number of benzene rings is 2. The monoisotopic (exact) mass is 335 g/mol. The molecule has 2 rings (SSSR count). The van der Waals surface area contributed by atoms with Crippen LogP contribution in [0, 0.1) is 11.3 Å². The SMILES string of the molecule is CC(NC(=O)NCc1ccc(C#N)cc1)c1ccc(C(C)(C)C)cc1. The quantitative estimate of drug-likeness (QED) is 0.869. The maximum Gasteiger partial charge on any atom is 0.315 e.